The fourth-order valence-electron chi connectivity index (χ4n) is 5.33. The summed E-state index contributed by atoms with van der Waals surface area (Å²) in [6.45, 7) is 5.88. The SMILES string of the molecule is C=CC12CN3CCC1(O)C(C(=O)OC)(CO2)c1[nH]c2ccccc2c1C3. The molecule has 6 rings (SSSR count). The molecule has 136 valence electrons. The number of piperidine rings is 1. The average molecular weight is 354 g/mol. The van der Waals surface area contributed by atoms with Crippen LogP contribution in [0.3, 0.4) is 0 Å². The van der Waals surface area contributed by atoms with E-state index < -0.39 is 22.6 Å². The molecule has 4 aliphatic heterocycles. The minimum atomic E-state index is -1.42. The van der Waals surface area contributed by atoms with Gasteiger partial charge in [-0.1, -0.05) is 24.3 Å². The third-order valence-electron chi connectivity index (χ3n) is 6.69. The summed E-state index contributed by atoms with van der Waals surface area (Å²) >= 11 is 0. The summed E-state index contributed by atoms with van der Waals surface area (Å²) in [7, 11) is 1.37. The van der Waals surface area contributed by atoms with Gasteiger partial charge in [-0.15, -0.1) is 6.58 Å². The Kier molecular flexibility index (Phi) is 3.07. The van der Waals surface area contributed by atoms with Crippen molar-refractivity contribution in [1.82, 2.24) is 9.88 Å². The van der Waals surface area contributed by atoms with Crippen LogP contribution in [-0.2, 0) is 26.2 Å². The summed E-state index contributed by atoms with van der Waals surface area (Å²) < 4.78 is 11.4. The number of hydrogen-bond acceptors (Lipinski definition) is 5. The normalized spacial score (nSPS) is 37.8. The van der Waals surface area contributed by atoms with Gasteiger partial charge in [0.2, 0.25) is 0 Å². The fraction of sp³-hybridized carbons (Fsp3) is 0.450. The van der Waals surface area contributed by atoms with E-state index in [1.165, 1.54) is 7.11 Å². The van der Waals surface area contributed by atoms with Gasteiger partial charge >= 0.3 is 5.97 Å². The van der Waals surface area contributed by atoms with E-state index in [4.69, 9.17) is 9.47 Å². The highest BCUT2D eigenvalue weighted by Gasteiger charge is 2.75. The molecule has 2 saturated heterocycles. The number of para-hydroxylation sites is 1. The number of fused-ring (bicyclic) bond motifs is 2. The highest BCUT2D eigenvalue weighted by Crippen LogP contribution is 2.57. The third kappa shape index (κ3) is 1.57. The molecule has 26 heavy (non-hydrogen) atoms. The van der Waals surface area contributed by atoms with Crippen molar-refractivity contribution in [3.63, 3.8) is 0 Å². The zero-order valence-corrected chi connectivity index (χ0v) is 14.7. The second-order valence-electron chi connectivity index (χ2n) is 7.62. The van der Waals surface area contributed by atoms with Crippen LogP contribution in [0.2, 0.25) is 0 Å². The molecule has 0 saturated carbocycles. The van der Waals surface area contributed by atoms with Gasteiger partial charge in [0.15, 0.2) is 5.41 Å². The molecule has 0 radical (unpaired) electrons. The zero-order chi connectivity index (χ0) is 18.2. The number of nitrogens with one attached hydrogen (secondary N) is 1. The summed E-state index contributed by atoms with van der Waals surface area (Å²) in [6, 6.07) is 7.98. The molecular weight excluding hydrogens is 332 g/mol. The predicted octanol–water partition coefficient (Wildman–Crippen LogP) is 1.48. The van der Waals surface area contributed by atoms with Gasteiger partial charge in [0.05, 0.1) is 13.7 Å². The van der Waals surface area contributed by atoms with E-state index in [1.807, 2.05) is 24.3 Å². The Morgan fingerprint density at radius 2 is 2.27 bits per heavy atom. The number of methoxy groups -OCH3 is 1. The van der Waals surface area contributed by atoms with Gasteiger partial charge in [0, 0.05) is 36.2 Å². The van der Waals surface area contributed by atoms with E-state index >= 15 is 0 Å². The molecule has 2 aromatic rings. The molecular formula is C20H22N2O4. The number of aromatic amines is 1. The van der Waals surface area contributed by atoms with Gasteiger partial charge in [-0.25, -0.2) is 0 Å². The minimum absolute atomic E-state index is 0.0653. The summed E-state index contributed by atoms with van der Waals surface area (Å²) in [4.78, 5) is 18.9. The molecule has 2 N–H and O–H groups in total. The fourth-order valence-corrected chi connectivity index (χ4v) is 5.33. The quantitative estimate of drug-likeness (QED) is 0.631. The van der Waals surface area contributed by atoms with E-state index in [1.54, 1.807) is 6.08 Å². The number of H-pyrrole nitrogens is 1. The smallest absolute Gasteiger partial charge is 0.323 e. The molecule has 0 spiro atoms. The number of hydrogen-bond donors (Lipinski definition) is 2. The van der Waals surface area contributed by atoms with Crippen LogP contribution in [-0.4, -0.2) is 59.0 Å². The zero-order valence-electron chi connectivity index (χ0n) is 14.7. The Balaban J connectivity index is 1.90. The molecule has 5 heterocycles. The molecule has 4 bridgehead atoms. The molecule has 4 unspecified atom stereocenters. The lowest BCUT2D eigenvalue weighted by Gasteiger charge is -2.53. The van der Waals surface area contributed by atoms with Crippen LogP contribution in [0, 0.1) is 0 Å². The number of benzene rings is 1. The van der Waals surface area contributed by atoms with Crippen LogP contribution in [0.5, 0.6) is 0 Å². The Morgan fingerprint density at radius 1 is 1.46 bits per heavy atom. The van der Waals surface area contributed by atoms with E-state index in [0.717, 1.165) is 16.5 Å². The standard InChI is InChI=1S/C20H22N2O4/c1-3-18-11-22-9-8-20(18,24)19(12-26-18,17(23)25-2)16-14(10-22)13-6-4-5-7-15(13)21-16/h3-7,21,24H,1,8-12H2,2H3. The Labute approximate surface area is 151 Å². The van der Waals surface area contributed by atoms with E-state index in [-0.39, 0.29) is 6.61 Å². The minimum Gasteiger partial charge on any atom is -0.468 e. The van der Waals surface area contributed by atoms with Crippen molar-refractivity contribution in [3.05, 3.63) is 48.2 Å². The molecule has 1 aromatic heterocycles. The van der Waals surface area contributed by atoms with E-state index in [0.29, 0.717) is 31.7 Å². The lowest BCUT2D eigenvalue weighted by molar-refractivity contribution is -0.175. The predicted molar refractivity (Wildman–Crippen MR) is 95.7 cm³/mol. The molecule has 4 aliphatic rings. The highest BCUT2D eigenvalue weighted by molar-refractivity contribution is 5.92. The van der Waals surface area contributed by atoms with Crippen LogP contribution in [0.4, 0.5) is 0 Å². The molecule has 4 atom stereocenters. The Hall–Kier alpha value is -2.15. The summed E-state index contributed by atoms with van der Waals surface area (Å²) in [5, 5.41) is 13.0. The van der Waals surface area contributed by atoms with Gasteiger partial charge in [0.1, 0.15) is 11.2 Å². The summed E-state index contributed by atoms with van der Waals surface area (Å²) in [5.41, 5.74) is -1.01. The van der Waals surface area contributed by atoms with E-state index in [2.05, 4.69) is 16.5 Å². The van der Waals surface area contributed by atoms with E-state index in [9.17, 15) is 9.90 Å². The van der Waals surface area contributed by atoms with Gasteiger partial charge in [0.25, 0.3) is 0 Å². The molecule has 6 heteroatoms. The van der Waals surface area contributed by atoms with Crippen LogP contribution >= 0.6 is 0 Å². The molecule has 6 nitrogen and oxygen atoms in total. The number of nitrogens with zero attached hydrogens (tertiary/aromatic N) is 1. The lowest BCUT2D eigenvalue weighted by atomic mass is 9.59. The first-order valence-electron chi connectivity index (χ1n) is 8.92. The number of aromatic nitrogens is 1. The second-order valence-corrected chi connectivity index (χ2v) is 7.62. The Morgan fingerprint density at radius 3 is 3.04 bits per heavy atom. The maximum Gasteiger partial charge on any atom is 0.323 e. The van der Waals surface area contributed by atoms with Gasteiger partial charge in [-0.05, 0) is 18.1 Å². The monoisotopic (exact) mass is 354 g/mol. The number of carbonyl (C=O) groups excluding carboxylic acids is 1. The second kappa shape index (κ2) is 4.97. The number of aliphatic hydroxyl groups is 1. The first-order valence-corrected chi connectivity index (χ1v) is 8.92. The Bertz CT molecular complexity index is 937. The van der Waals surface area contributed by atoms with Crippen molar-refractivity contribution in [2.24, 2.45) is 0 Å². The number of rotatable bonds is 2. The van der Waals surface area contributed by atoms with Gasteiger partial charge in [-0.2, -0.15) is 0 Å². The highest BCUT2D eigenvalue weighted by atomic mass is 16.6. The number of carbonyl (C=O) groups is 1. The van der Waals surface area contributed by atoms with Crippen LogP contribution < -0.4 is 0 Å². The van der Waals surface area contributed by atoms with Crippen molar-refractivity contribution in [2.45, 2.75) is 29.6 Å². The van der Waals surface area contributed by atoms with Crippen molar-refractivity contribution >= 4 is 16.9 Å². The number of ether oxygens (including phenoxy) is 2. The molecule has 0 aliphatic carbocycles. The summed E-state index contributed by atoms with van der Waals surface area (Å²) in [5.74, 6) is -0.466. The average Bonchev–Trinajstić information content (AvgIpc) is 3.15. The largest absolute Gasteiger partial charge is 0.468 e. The van der Waals surface area contributed by atoms with Crippen LogP contribution in [0.15, 0.2) is 36.9 Å². The third-order valence-corrected chi connectivity index (χ3v) is 6.69. The first kappa shape index (κ1) is 16.1. The van der Waals surface area contributed by atoms with Crippen molar-refractivity contribution in [2.75, 3.05) is 26.8 Å². The van der Waals surface area contributed by atoms with Gasteiger partial charge < -0.3 is 19.6 Å². The molecule has 1 aromatic carbocycles. The maximum atomic E-state index is 13.2. The van der Waals surface area contributed by atoms with Crippen molar-refractivity contribution in [1.29, 1.82) is 0 Å². The lowest BCUT2D eigenvalue weighted by Crippen LogP contribution is -2.71. The summed E-state index contributed by atoms with van der Waals surface area (Å²) in [6.07, 6.45) is 2.08. The molecule has 0 amide bonds. The van der Waals surface area contributed by atoms with Gasteiger partial charge in [-0.3, -0.25) is 9.69 Å². The maximum absolute atomic E-state index is 13.2. The number of esters is 1. The van der Waals surface area contributed by atoms with Crippen LogP contribution in [0.25, 0.3) is 10.9 Å². The van der Waals surface area contributed by atoms with Crippen LogP contribution in [0.1, 0.15) is 17.7 Å². The first-order chi connectivity index (χ1) is 12.5. The topological polar surface area (TPSA) is 74.8 Å². The molecule has 2 fully saturated rings. The van der Waals surface area contributed by atoms with Crippen molar-refractivity contribution in [3.8, 4) is 0 Å². The van der Waals surface area contributed by atoms with Crippen molar-refractivity contribution < 1.29 is 19.4 Å².